The van der Waals surface area contributed by atoms with Gasteiger partial charge in [0, 0.05) is 26.7 Å². The Balaban J connectivity index is 0.00000320. The number of methoxy groups -OCH3 is 1. The normalized spacial score (nSPS) is 20.4. The van der Waals surface area contributed by atoms with E-state index in [2.05, 4.69) is 10.6 Å². The lowest BCUT2D eigenvalue weighted by Crippen LogP contribution is -2.51. The summed E-state index contributed by atoms with van der Waals surface area (Å²) in [6.07, 6.45) is 6.75. The van der Waals surface area contributed by atoms with E-state index in [0.29, 0.717) is 18.5 Å². The van der Waals surface area contributed by atoms with Crippen molar-refractivity contribution in [1.82, 2.24) is 15.5 Å². The molecule has 7 nitrogen and oxygen atoms in total. The van der Waals surface area contributed by atoms with E-state index >= 15 is 0 Å². The number of carbonyl (C=O) groups is 1. The average Bonchev–Trinajstić information content (AvgIpc) is 3.17. The van der Waals surface area contributed by atoms with Crippen LogP contribution in [0.1, 0.15) is 44.1 Å². The van der Waals surface area contributed by atoms with Gasteiger partial charge in [0.25, 0.3) is 0 Å². The largest absolute Gasteiger partial charge is 0.497 e. The summed E-state index contributed by atoms with van der Waals surface area (Å²) in [7, 11) is 5.17. The molecular weight excluding hydrogens is 495 g/mol. The number of nitrogens with zero attached hydrogens (tertiary/aromatic N) is 2. The Morgan fingerprint density at radius 2 is 1.97 bits per heavy atom. The number of guanidine groups is 1. The molecule has 1 saturated carbocycles. The Kier molecular flexibility index (Phi) is 9.67. The zero-order valence-corrected chi connectivity index (χ0v) is 20.6. The first-order valence-electron chi connectivity index (χ1n) is 10.5. The molecule has 2 N–H and O–H groups in total. The third-order valence-corrected chi connectivity index (χ3v) is 5.83. The minimum absolute atomic E-state index is 0. The molecule has 1 aliphatic heterocycles. The van der Waals surface area contributed by atoms with E-state index in [1.807, 2.05) is 24.3 Å². The summed E-state index contributed by atoms with van der Waals surface area (Å²) in [5.74, 6) is 1.52. The second-order valence-corrected chi connectivity index (χ2v) is 8.23. The van der Waals surface area contributed by atoms with Crippen molar-refractivity contribution >= 4 is 35.8 Å². The molecule has 2 fully saturated rings. The van der Waals surface area contributed by atoms with Crippen molar-refractivity contribution in [3.63, 3.8) is 0 Å². The molecule has 1 aromatic carbocycles. The van der Waals surface area contributed by atoms with Crippen LogP contribution in [-0.2, 0) is 16.1 Å². The lowest BCUT2D eigenvalue weighted by molar-refractivity contribution is -0.127. The molecule has 3 rings (SSSR count). The summed E-state index contributed by atoms with van der Waals surface area (Å²) in [5.41, 5.74) is 1.13. The summed E-state index contributed by atoms with van der Waals surface area (Å²) in [4.78, 5) is 18.3. The van der Waals surface area contributed by atoms with Gasteiger partial charge in [-0.3, -0.25) is 4.79 Å². The van der Waals surface area contributed by atoms with Gasteiger partial charge in [0.2, 0.25) is 5.91 Å². The number of hydrogen-bond acceptors (Lipinski definition) is 4. The van der Waals surface area contributed by atoms with Crippen molar-refractivity contribution in [2.75, 3.05) is 34.4 Å². The SMILES string of the molecule is COc1ccc(CN=C(NCC(=O)N(C)C)NC2CCOC3(CCCC3)C2)cc1.I. The first-order chi connectivity index (χ1) is 14.0. The first-order valence-corrected chi connectivity index (χ1v) is 10.5. The zero-order chi connectivity index (χ0) is 20.7. The maximum atomic E-state index is 12.0. The number of rotatable bonds is 6. The van der Waals surface area contributed by atoms with Gasteiger partial charge in [-0.2, -0.15) is 0 Å². The van der Waals surface area contributed by atoms with Crippen molar-refractivity contribution in [3.8, 4) is 5.75 Å². The molecule has 2 aliphatic rings. The van der Waals surface area contributed by atoms with Gasteiger partial charge in [-0.15, -0.1) is 24.0 Å². The highest BCUT2D eigenvalue weighted by atomic mass is 127. The molecular formula is C22H35IN4O3. The van der Waals surface area contributed by atoms with Crippen LogP contribution in [0, 0.1) is 0 Å². The van der Waals surface area contributed by atoms with Crippen LogP contribution in [0.2, 0.25) is 0 Å². The van der Waals surface area contributed by atoms with Gasteiger partial charge < -0.3 is 25.0 Å². The van der Waals surface area contributed by atoms with Crippen molar-refractivity contribution in [3.05, 3.63) is 29.8 Å². The van der Waals surface area contributed by atoms with E-state index in [4.69, 9.17) is 14.5 Å². The van der Waals surface area contributed by atoms with E-state index < -0.39 is 0 Å². The lowest BCUT2D eigenvalue weighted by Gasteiger charge is -2.39. The number of ether oxygens (including phenoxy) is 2. The van der Waals surface area contributed by atoms with Gasteiger partial charge in [-0.25, -0.2) is 4.99 Å². The van der Waals surface area contributed by atoms with Gasteiger partial charge in [-0.1, -0.05) is 25.0 Å². The van der Waals surface area contributed by atoms with Crippen LogP contribution in [-0.4, -0.2) is 62.8 Å². The predicted octanol–water partition coefficient (Wildman–Crippen LogP) is 2.93. The molecule has 1 spiro atoms. The quantitative estimate of drug-likeness (QED) is 0.336. The Morgan fingerprint density at radius 3 is 2.60 bits per heavy atom. The van der Waals surface area contributed by atoms with Crippen molar-refractivity contribution in [2.24, 2.45) is 4.99 Å². The smallest absolute Gasteiger partial charge is 0.241 e. The Hall–Kier alpha value is -1.55. The second-order valence-electron chi connectivity index (χ2n) is 8.23. The summed E-state index contributed by atoms with van der Waals surface area (Å²) in [6.45, 7) is 1.53. The average molecular weight is 530 g/mol. The van der Waals surface area contributed by atoms with Crippen molar-refractivity contribution in [2.45, 2.75) is 56.7 Å². The van der Waals surface area contributed by atoms with E-state index in [1.165, 1.54) is 12.8 Å². The highest BCUT2D eigenvalue weighted by Gasteiger charge is 2.40. The minimum Gasteiger partial charge on any atom is -0.497 e. The molecule has 1 unspecified atom stereocenters. The monoisotopic (exact) mass is 530 g/mol. The van der Waals surface area contributed by atoms with Crippen LogP contribution in [0.4, 0.5) is 0 Å². The van der Waals surface area contributed by atoms with Gasteiger partial charge >= 0.3 is 0 Å². The Morgan fingerprint density at radius 1 is 1.27 bits per heavy atom. The third-order valence-electron chi connectivity index (χ3n) is 5.83. The van der Waals surface area contributed by atoms with E-state index in [9.17, 15) is 4.79 Å². The number of halogens is 1. The van der Waals surface area contributed by atoms with E-state index in [-0.39, 0.29) is 42.0 Å². The number of benzene rings is 1. The molecule has 1 aliphatic carbocycles. The minimum atomic E-state index is 0. The van der Waals surface area contributed by atoms with Gasteiger partial charge in [0.05, 0.1) is 25.8 Å². The van der Waals surface area contributed by atoms with Crippen LogP contribution in [0.3, 0.4) is 0 Å². The summed E-state index contributed by atoms with van der Waals surface area (Å²) in [5, 5.41) is 6.76. The van der Waals surface area contributed by atoms with E-state index in [1.54, 1.807) is 26.1 Å². The fourth-order valence-electron chi connectivity index (χ4n) is 4.08. The predicted molar refractivity (Wildman–Crippen MR) is 130 cm³/mol. The highest BCUT2D eigenvalue weighted by molar-refractivity contribution is 14.0. The molecule has 1 atom stereocenters. The molecule has 30 heavy (non-hydrogen) atoms. The third kappa shape index (κ3) is 7.01. The fraction of sp³-hybridized carbons (Fsp3) is 0.636. The molecule has 8 heteroatoms. The van der Waals surface area contributed by atoms with Crippen LogP contribution in [0.15, 0.2) is 29.3 Å². The lowest BCUT2D eigenvalue weighted by atomic mass is 9.89. The molecule has 1 heterocycles. The number of aliphatic imine (C=N–C) groups is 1. The number of likely N-dealkylation sites (N-methyl/N-ethyl adjacent to an activating group) is 1. The molecule has 0 aromatic heterocycles. The Bertz CT molecular complexity index is 703. The number of carbonyl (C=O) groups excluding carboxylic acids is 1. The van der Waals surface area contributed by atoms with Gasteiger partial charge in [-0.05, 0) is 43.4 Å². The number of amides is 1. The maximum absolute atomic E-state index is 12.0. The van der Waals surface area contributed by atoms with Crippen LogP contribution >= 0.6 is 24.0 Å². The summed E-state index contributed by atoms with van der Waals surface area (Å²) >= 11 is 0. The van der Waals surface area contributed by atoms with Crippen LogP contribution in [0.5, 0.6) is 5.75 Å². The molecule has 0 radical (unpaired) electrons. The summed E-state index contributed by atoms with van der Waals surface area (Å²) in [6, 6.07) is 8.19. The van der Waals surface area contributed by atoms with Gasteiger partial charge in [0.1, 0.15) is 5.75 Å². The van der Waals surface area contributed by atoms with Crippen molar-refractivity contribution in [1.29, 1.82) is 0 Å². The standard InChI is InChI=1S/C22H34N4O3.HI/c1-26(2)20(27)16-24-21(23-15-17-6-8-19(28-3)9-7-17)25-18-10-13-29-22(14-18)11-4-5-12-22;/h6-9,18H,4-5,10-16H2,1-3H3,(H2,23,24,25);1H. The molecule has 1 saturated heterocycles. The van der Waals surface area contributed by atoms with Crippen LogP contribution < -0.4 is 15.4 Å². The first kappa shape index (κ1) is 24.7. The van der Waals surface area contributed by atoms with E-state index in [0.717, 1.165) is 43.6 Å². The topological polar surface area (TPSA) is 75.2 Å². The zero-order valence-electron chi connectivity index (χ0n) is 18.3. The number of hydrogen-bond donors (Lipinski definition) is 2. The van der Waals surface area contributed by atoms with Crippen LogP contribution in [0.25, 0.3) is 0 Å². The van der Waals surface area contributed by atoms with Gasteiger partial charge in [0.15, 0.2) is 5.96 Å². The fourth-order valence-corrected chi connectivity index (χ4v) is 4.08. The second kappa shape index (κ2) is 11.7. The number of nitrogens with one attached hydrogen (secondary N) is 2. The molecule has 168 valence electrons. The molecule has 1 amide bonds. The highest BCUT2D eigenvalue weighted by Crippen LogP contribution is 2.39. The molecule has 0 bridgehead atoms. The summed E-state index contributed by atoms with van der Waals surface area (Å²) < 4.78 is 11.4. The maximum Gasteiger partial charge on any atom is 0.241 e. The van der Waals surface area contributed by atoms with Crippen molar-refractivity contribution < 1.29 is 14.3 Å². The Labute approximate surface area is 197 Å². The molecule has 1 aromatic rings.